The number of rotatable bonds is 7. The third-order valence-electron chi connectivity index (χ3n) is 5.63. The molecule has 8 heteroatoms. The molecular formula is C23H25N3O5. The van der Waals surface area contributed by atoms with Gasteiger partial charge in [0.05, 0.1) is 19.1 Å². The van der Waals surface area contributed by atoms with Gasteiger partial charge in [0.2, 0.25) is 17.7 Å². The Morgan fingerprint density at radius 1 is 1.16 bits per heavy atom. The summed E-state index contributed by atoms with van der Waals surface area (Å²) in [5.41, 5.74) is 0.909. The van der Waals surface area contributed by atoms with Crippen molar-refractivity contribution in [1.29, 1.82) is 0 Å². The molecule has 0 saturated carbocycles. The summed E-state index contributed by atoms with van der Waals surface area (Å²) in [6.07, 6.45) is 2.86. The van der Waals surface area contributed by atoms with Gasteiger partial charge in [0.25, 0.3) is 0 Å². The second-order valence-corrected chi connectivity index (χ2v) is 7.72. The van der Waals surface area contributed by atoms with Gasteiger partial charge in [-0.2, -0.15) is 0 Å². The van der Waals surface area contributed by atoms with Crippen LogP contribution in [-0.2, 0) is 35.9 Å². The number of amides is 3. The molecule has 1 fully saturated rings. The first-order chi connectivity index (χ1) is 14.8. The number of imide groups is 1. The van der Waals surface area contributed by atoms with Crippen LogP contribution in [0, 0.1) is 6.92 Å². The lowest BCUT2D eigenvalue weighted by Gasteiger charge is -2.30. The van der Waals surface area contributed by atoms with Crippen molar-refractivity contribution in [1.82, 2.24) is 14.8 Å². The van der Waals surface area contributed by atoms with Gasteiger partial charge in [0.1, 0.15) is 6.54 Å². The number of aromatic nitrogens is 1. The van der Waals surface area contributed by atoms with E-state index < -0.39 is 23.2 Å². The van der Waals surface area contributed by atoms with E-state index in [1.807, 2.05) is 19.1 Å². The largest absolute Gasteiger partial charge is 0.468 e. The Kier molecular flexibility index (Phi) is 6.48. The summed E-state index contributed by atoms with van der Waals surface area (Å²) in [5, 5.41) is 0. The van der Waals surface area contributed by atoms with E-state index in [0.717, 1.165) is 11.1 Å². The maximum atomic E-state index is 13.7. The van der Waals surface area contributed by atoms with Crippen LogP contribution in [0.1, 0.15) is 29.5 Å². The van der Waals surface area contributed by atoms with Gasteiger partial charge in [-0.3, -0.25) is 29.1 Å². The van der Waals surface area contributed by atoms with E-state index in [0.29, 0.717) is 5.56 Å². The molecule has 1 aliphatic heterocycles. The molecule has 0 bridgehead atoms. The van der Waals surface area contributed by atoms with E-state index in [1.165, 1.54) is 24.0 Å². The van der Waals surface area contributed by atoms with Crippen LogP contribution in [0.25, 0.3) is 0 Å². The molecule has 3 amide bonds. The third kappa shape index (κ3) is 4.47. The third-order valence-corrected chi connectivity index (χ3v) is 5.63. The minimum Gasteiger partial charge on any atom is -0.468 e. The Bertz CT molecular complexity index is 1010. The maximum Gasteiger partial charge on any atom is 0.325 e. The van der Waals surface area contributed by atoms with Crippen LogP contribution >= 0.6 is 0 Å². The molecule has 1 aliphatic rings. The van der Waals surface area contributed by atoms with E-state index in [-0.39, 0.29) is 31.8 Å². The van der Waals surface area contributed by atoms with E-state index in [2.05, 4.69) is 9.72 Å². The van der Waals surface area contributed by atoms with Crippen molar-refractivity contribution < 1.29 is 23.9 Å². The minimum absolute atomic E-state index is 0.111. The van der Waals surface area contributed by atoms with Crippen LogP contribution in [0.5, 0.6) is 0 Å². The number of methoxy groups -OCH3 is 1. The smallest absolute Gasteiger partial charge is 0.325 e. The molecule has 0 spiro atoms. The number of carbonyl (C=O) groups is 4. The van der Waals surface area contributed by atoms with E-state index in [1.54, 1.807) is 36.7 Å². The van der Waals surface area contributed by atoms with Gasteiger partial charge in [0, 0.05) is 32.3 Å². The molecule has 162 valence electrons. The van der Waals surface area contributed by atoms with Crippen molar-refractivity contribution in [3.8, 4) is 0 Å². The molecule has 3 rings (SSSR count). The number of nitrogens with zero attached hydrogens (tertiary/aromatic N) is 3. The monoisotopic (exact) mass is 423 g/mol. The SMILES string of the molecule is COC(=O)CN(C)C(=O)CC1(c2ccccc2C)CC(=O)N(Cc2ccncc2)C1=O. The van der Waals surface area contributed by atoms with Crippen LogP contribution in [0.3, 0.4) is 0 Å². The van der Waals surface area contributed by atoms with Crippen molar-refractivity contribution >= 4 is 23.7 Å². The number of esters is 1. The van der Waals surface area contributed by atoms with E-state index in [4.69, 9.17) is 0 Å². The zero-order valence-corrected chi connectivity index (χ0v) is 17.8. The summed E-state index contributed by atoms with van der Waals surface area (Å²) in [4.78, 5) is 57.6. The van der Waals surface area contributed by atoms with Gasteiger partial charge in [-0.15, -0.1) is 0 Å². The average molecular weight is 423 g/mol. The number of likely N-dealkylation sites (tertiary alicyclic amines) is 1. The highest BCUT2D eigenvalue weighted by Crippen LogP contribution is 2.42. The number of ether oxygens (including phenoxy) is 1. The van der Waals surface area contributed by atoms with Gasteiger partial charge in [-0.05, 0) is 35.7 Å². The van der Waals surface area contributed by atoms with Crippen LogP contribution in [0.15, 0.2) is 48.8 Å². The Labute approximate surface area is 180 Å². The molecule has 8 nitrogen and oxygen atoms in total. The fourth-order valence-electron chi connectivity index (χ4n) is 3.92. The number of pyridine rings is 1. The lowest BCUT2D eigenvalue weighted by Crippen LogP contribution is -2.43. The topological polar surface area (TPSA) is 96.9 Å². The average Bonchev–Trinajstić information content (AvgIpc) is 2.99. The Balaban J connectivity index is 1.97. The molecule has 1 saturated heterocycles. The van der Waals surface area contributed by atoms with Crippen molar-refractivity contribution in [3.63, 3.8) is 0 Å². The molecule has 1 aromatic heterocycles. The van der Waals surface area contributed by atoms with Crippen LogP contribution < -0.4 is 0 Å². The lowest BCUT2D eigenvalue weighted by atomic mass is 9.74. The van der Waals surface area contributed by atoms with E-state index in [9.17, 15) is 19.2 Å². The lowest BCUT2D eigenvalue weighted by molar-refractivity contribution is -0.147. The highest BCUT2D eigenvalue weighted by atomic mass is 16.5. The van der Waals surface area contributed by atoms with E-state index >= 15 is 0 Å². The molecular weight excluding hydrogens is 398 g/mol. The van der Waals surface area contributed by atoms with Gasteiger partial charge in [-0.25, -0.2) is 0 Å². The number of aryl methyl sites for hydroxylation is 1. The molecule has 1 unspecified atom stereocenters. The second kappa shape index (κ2) is 9.07. The normalized spacial score (nSPS) is 18.2. The summed E-state index contributed by atoms with van der Waals surface area (Å²) in [6.45, 7) is 1.73. The van der Waals surface area contributed by atoms with Crippen molar-refractivity contribution in [2.24, 2.45) is 0 Å². The maximum absolute atomic E-state index is 13.7. The van der Waals surface area contributed by atoms with Gasteiger partial charge < -0.3 is 9.64 Å². The highest BCUT2D eigenvalue weighted by molar-refractivity contribution is 6.11. The molecule has 2 heterocycles. The molecule has 31 heavy (non-hydrogen) atoms. The van der Waals surface area contributed by atoms with Gasteiger partial charge in [0.15, 0.2) is 0 Å². The molecule has 0 N–H and O–H groups in total. The predicted octanol–water partition coefficient (Wildman–Crippen LogP) is 1.61. The van der Waals surface area contributed by atoms with Crippen LogP contribution in [0.4, 0.5) is 0 Å². The second-order valence-electron chi connectivity index (χ2n) is 7.72. The van der Waals surface area contributed by atoms with Gasteiger partial charge >= 0.3 is 5.97 Å². The first-order valence-electron chi connectivity index (χ1n) is 9.89. The zero-order chi connectivity index (χ0) is 22.6. The molecule has 0 aliphatic carbocycles. The minimum atomic E-state index is -1.32. The number of benzene rings is 1. The highest BCUT2D eigenvalue weighted by Gasteiger charge is 2.54. The first kappa shape index (κ1) is 22.1. The Morgan fingerprint density at radius 2 is 1.84 bits per heavy atom. The quantitative estimate of drug-likeness (QED) is 0.496. The summed E-state index contributed by atoms with van der Waals surface area (Å²) < 4.78 is 4.62. The molecule has 2 aromatic rings. The molecule has 1 atom stereocenters. The number of hydrogen-bond acceptors (Lipinski definition) is 6. The van der Waals surface area contributed by atoms with Gasteiger partial charge in [-0.1, -0.05) is 24.3 Å². The van der Waals surface area contributed by atoms with Crippen molar-refractivity contribution in [3.05, 3.63) is 65.5 Å². The van der Waals surface area contributed by atoms with Crippen molar-refractivity contribution in [2.45, 2.75) is 31.7 Å². The first-order valence-corrected chi connectivity index (χ1v) is 9.89. The Morgan fingerprint density at radius 3 is 2.48 bits per heavy atom. The van der Waals surface area contributed by atoms with Crippen LogP contribution in [-0.4, -0.2) is 59.2 Å². The summed E-state index contributed by atoms with van der Waals surface area (Å²) in [7, 11) is 2.71. The Hall–Kier alpha value is -3.55. The zero-order valence-electron chi connectivity index (χ0n) is 17.8. The molecule has 0 radical (unpaired) electrons. The van der Waals surface area contributed by atoms with Crippen molar-refractivity contribution in [2.75, 3.05) is 20.7 Å². The summed E-state index contributed by atoms with van der Waals surface area (Å²) >= 11 is 0. The van der Waals surface area contributed by atoms with Crippen LogP contribution in [0.2, 0.25) is 0 Å². The number of hydrogen-bond donors (Lipinski definition) is 0. The fraction of sp³-hybridized carbons (Fsp3) is 0.348. The summed E-state index contributed by atoms with van der Waals surface area (Å²) in [5.74, 6) is -1.73. The molecule has 1 aromatic carbocycles. The number of carbonyl (C=O) groups excluding carboxylic acids is 4. The standard InChI is InChI=1S/C23H25N3O5/c1-16-6-4-5-7-18(16)23(12-19(27)25(2)15-21(29)31-3)13-20(28)26(22(23)30)14-17-8-10-24-11-9-17/h4-11H,12-15H2,1-3H3. The number of likely N-dealkylation sites (N-methyl/N-ethyl adjacent to an activating group) is 1. The fourth-order valence-corrected chi connectivity index (χ4v) is 3.92. The summed E-state index contributed by atoms with van der Waals surface area (Å²) in [6, 6.07) is 10.7. The predicted molar refractivity (Wildman–Crippen MR) is 112 cm³/mol.